The molecule has 1 aliphatic heterocycles. The van der Waals surface area contributed by atoms with Gasteiger partial charge in [0.2, 0.25) is 0 Å². The molecule has 1 saturated carbocycles. The van der Waals surface area contributed by atoms with E-state index in [9.17, 15) is 9.59 Å². The first-order valence-corrected chi connectivity index (χ1v) is 9.81. The highest BCUT2D eigenvalue weighted by molar-refractivity contribution is 6.09. The Bertz CT molecular complexity index is 433. The maximum Gasteiger partial charge on any atom is 0.147 e. The van der Waals surface area contributed by atoms with Crippen LogP contribution in [0.5, 0.6) is 0 Å². The second-order valence-electron chi connectivity index (χ2n) is 8.46. The molecule has 1 heterocycles. The van der Waals surface area contributed by atoms with Gasteiger partial charge in [0, 0.05) is 19.4 Å². The van der Waals surface area contributed by atoms with Gasteiger partial charge in [0.25, 0.3) is 0 Å². The Balaban J connectivity index is 2.00. The molecule has 0 aromatic carbocycles. The lowest BCUT2D eigenvalue weighted by atomic mass is 9.59. The highest BCUT2D eigenvalue weighted by Gasteiger charge is 2.54. The summed E-state index contributed by atoms with van der Waals surface area (Å²) in [7, 11) is 4.20. The van der Waals surface area contributed by atoms with E-state index in [4.69, 9.17) is 0 Å². The van der Waals surface area contributed by atoms with Crippen LogP contribution in [0.15, 0.2) is 0 Å². The van der Waals surface area contributed by atoms with Crippen LogP contribution in [-0.2, 0) is 9.59 Å². The van der Waals surface area contributed by atoms with E-state index in [0.717, 1.165) is 64.7 Å². The van der Waals surface area contributed by atoms with Gasteiger partial charge in [0.05, 0.1) is 5.41 Å². The van der Waals surface area contributed by atoms with Crippen LogP contribution in [0.2, 0.25) is 0 Å². The van der Waals surface area contributed by atoms with Crippen LogP contribution < -0.4 is 0 Å². The second-order valence-corrected chi connectivity index (χ2v) is 8.46. The number of likely N-dealkylation sites (tertiary alicyclic amines) is 1. The molecule has 24 heavy (non-hydrogen) atoms. The Morgan fingerprint density at radius 3 is 2.12 bits per heavy atom. The minimum absolute atomic E-state index is 0.0583. The first kappa shape index (κ1) is 19.6. The largest absolute Gasteiger partial charge is 0.309 e. The van der Waals surface area contributed by atoms with Crippen LogP contribution in [0, 0.1) is 10.8 Å². The zero-order chi connectivity index (χ0) is 17.8. The summed E-state index contributed by atoms with van der Waals surface area (Å²) in [6.45, 7) is 8.33. The van der Waals surface area contributed by atoms with Gasteiger partial charge in [0.1, 0.15) is 11.6 Å². The molecular weight excluding hydrogens is 300 g/mol. The topological polar surface area (TPSA) is 40.6 Å². The Kier molecular flexibility index (Phi) is 6.60. The average molecular weight is 337 g/mol. The van der Waals surface area contributed by atoms with E-state index in [1.165, 1.54) is 0 Å². The molecule has 0 aromatic rings. The summed E-state index contributed by atoms with van der Waals surface area (Å²) in [5.74, 6) is 0.496. The van der Waals surface area contributed by atoms with Crippen molar-refractivity contribution in [3.63, 3.8) is 0 Å². The number of ketones is 2. The number of carbonyl (C=O) groups is 2. The van der Waals surface area contributed by atoms with Gasteiger partial charge in [-0.1, -0.05) is 26.7 Å². The van der Waals surface area contributed by atoms with Crippen molar-refractivity contribution in [3.8, 4) is 0 Å². The standard InChI is InChI=1S/C20H36N2O2/c1-5-8-20(9-6-2)17(23)14-19(15-18(20)24)10-13-22(16-19)12-7-11-21(3)4/h5-16H2,1-4H3. The summed E-state index contributed by atoms with van der Waals surface area (Å²) < 4.78 is 0. The first-order chi connectivity index (χ1) is 11.4. The summed E-state index contributed by atoms with van der Waals surface area (Å²) in [6, 6.07) is 0. The van der Waals surface area contributed by atoms with Crippen LogP contribution in [0.1, 0.15) is 65.2 Å². The number of Topliss-reactive ketones (excluding diaryl/α,β-unsaturated/α-hetero) is 2. The monoisotopic (exact) mass is 336 g/mol. The molecule has 1 spiro atoms. The number of nitrogens with zero attached hydrogens (tertiary/aromatic N) is 2. The Hall–Kier alpha value is -0.740. The molecule has 1 aliphatic carbocycles. The van der Waals surface area contributed by atoms with Crippen LogP contribution in [0.3, 0.4) is 0 Å². The van der Waals surface area contributed by atoms with E-state index in [0.29, 0.717) is 12.8 Å². The zero-order valence-corrected chi connectivity index (χ0v) is 16.2. The lowest BCUT2D eigenvalue weighted by Crippen LogP contribution is -2.50. The molecule has 0 aromatic heterocycles. The van der Waals surface area contributed by atoms with Gasteiger partial charge in [-0.15, -0.1) is 0 Å². The molecule has 0 radical (unpaired) electrons. The van der Waals surface area contributed by atoms with Gasteiger partial charge in [-0.05, 0) is 64.8 Å². The maximum atomic E-state index is 13.0. The Morgan fingerprint density at radius 1 is 1.04 bits per heavy atom. The van der Waals surface area contributed by atoms with Crippen molar-refractivity contribution in [3.05, 3.63) is 0 Å². The SMILES string of the molecule is CCCC1(CCC)C(=O)CC2(CCN(CCCN(C)C)C2)CC1=O. The smallest absolute Gasteiger partial charge is 0.147 e. The Labute approximate surface area is 148 Å². The van der Waals surface area contributed by atoms with Crippen molar-refractivity contribution in [1.82, 2.24) is 9.80 Å². The van der Waals surface area contributed by atoms with Crippen LogP contribution in [0.25, 0.3) is 0 Å². The average Bonchev–Trinajstić information content (AvgIpc) is 2.87. The molecule has 0 atom stereocenters. The highest BCUT2D eigenvalue weighted by atomic mass is 16.2. The Morgan fingerprint density at radius 2 is 1.62 bits per heavy atom. The molecule has 0 N–H and O–H groups in total. The number of hydrogen-bond donors (Lipinski definition) is 0. The van der Waals surface area contributed by atoms with Crippen LogP contribution in [-0.4, -0.2) is 61.6 Å². The summed E-state index contributed by atoms with van der Waals surface area (Å²) in [5.41, 5.74) is -0.704. The van der Waals surface area contributed by atoms with Crippen molar-refractivity contribution in [1.29, 1.82) is 0 Å². The van der Waals surface area contributed by atoms with Crippen molar-refractivity contribution in [2.24, 2.45) is 10.8 Å². The number of hydrogen-bond acceptors (Lipinski definition) is 4. The van der Waals surface area contributed by atoms with Gasteiger partial charge in [0.15, 0.2) is 0 Å². The minimum Gasteiger partial charge on any atom is -0.309 e. The molecule has 2 aliphatic rings. The lowest BCUT2D eigenvalue weighted by molar-refractivity contribution is -0.150. The van der Waals surface area contributed by atoms with Gasteiger partial charge < -0.3 is 9.80 Å². The van der Waals surface area contributed by atoms with Gasteiger partial charge >= 0.3 is 0 Å². The molecule has 1 saturated heterocycles. The van der Waals surface area contributed by atoms with Crippen molar-refractivity contribution < 1.29 is 9.59 Å². The van der Waals surface area contributed by atoms with E-state index < -0.39 is 5.41 Å². The normalized spacial score (nSPS) is 23.5. The molecule has 4 nitrogen and oxygen atoms in total. The molecule has 2 rings (SSSR count). The van der Waals surface area contributed by atoms with E-state index in [2.05, 4.69) is 37.7 Å². The van der Waals surface area contributed by atoms with E-state index in [1.54, 1.807) is 0 Å². The predicted molar refractivity (Wildman–Crippen MR) is 98.2 cm³/mol. The quantitative estimate of drug-likeness (QED) is 0.639. The van der Waals surface area contributed by atoms with Crippen molar-refractivity contribution >= 4 is 11.6 Å². The molecule has 138 valence electrons. The molecule has 0 bridgehead atoms. The fourth-order valence-corrected chi connectivity index (χ4v) is 4.89. The zero-order valence-electron chi connectivity index (χ0n) is 16.2. The van der Waals surface area contributed by atoms with Gasteiger partial charge in [-0.25, -0.2) is 0 Å². The number of carbonyl (C=O) groups excluding carboxylic acids is 2. The first-order valence-electron chi connectivity index (χ1n) is 9.81. The summed E-state index contributed by atoms with van der Waals surface area (Å²) in [4.78, 5) is 30.7. The third kappa shape index (κ3) is 4.08. The summed E-state index contributed by atoms with van der Waals surface area (Å²) >= 11 is 0. The molecule has 4 heteroatoms. The van der Waals surface area contributed by atoms with E-state index in [1.807, 2.05) is 0 Å². The maximum absolute atomic E-state index is 13.0. The van der Waals surface area contributed by atoms with Crippen molar-refractivity contribution in [2.75, 3.05) is 40.3 Å². The number of rotatable bonds is 8. The highest BCUT2D eigenvalue weighted by Crippen LogP contribution is 2.49. The summed E-state index contributed by atoms with van der Waals surface area (Å²) in [6.07, 6.45) is 6.76. The predicted octanol–water partition coefficient (Wildman–Crippen LogP) is 3.15. The third-order valence-corrected chi connectivity index (χ3v) is 6.09. The molecule has 0 unspecified atom stereocenters. The van der Waals surface area contributed by atoms with Crippen LogP contribution in [0.4, 0.5) is 0 Å². The fourth-order valence-electron chi connectivity index (χ4n) is 4.89. The second kappa shape index (κ2) is 8.09. The van der Waals surface area contributed by atoms with E-state index >= 15 is 0 Å². The summed E-state index contributed by atoms with van der Waals surface area (Å²) in [5, 5.41) is 0. The lowest BCUT2D eigenvalue weighted by Gasteiger charge is -2.42. The van der Waals surface area contributed by atoms with Gasteiger partial charge in [-0.3, -0.25) is 9.59 Å². The minimum atomic E-state index is -0.646. The van der Waals surface area contributed by atoms with Crippen LogP contribution >= 0.6 is 0 Å². The van der Waals surface area contributed by atoms with E-state index in [-0.39, 0.29) is 17.0 Å². The third-order valence-electron chi connectivity index (χ3n) is 6.09. The molecule has 0 amide bonds. The van der Waals surface area contributed by atoms with Gasteiger partial charge in [-0.2, -0.15) is 0 Å². The molecular formula is C20H36N2O2. The van der Waals surface area contributed by atoms with Crippen molar-refractivity contribution in [2.45, 2.75) is 65.2 Å². The molecule has 2 fully saturated rings. The fraction of sp³-hybridized carbons (Fsp3) is 0.900.